The summed E-state index contributed by atoms with van der Waals surface area (Å²) in [5.41, 5.74) is 6.63. The number of amides is 1. The second-order valence-corrected chi connectivity index (χ2v) is 4.97. The molecule has 20 heavy (non-hydrogen) atoms. The highest BCUT2D eigenvalue weighted by molar-refractivity contribution is 5.81. The van der Waals surface area contributed by atoms with E-state index in [0.29, 0.717) is 12.2 Å². The van der Waals surface area contributed by atoms with E-state index in [0.717, 1.165) is 18.5 Å². The van der Waals surface area contributed by atoms with Crippen LogP contribution >= 0.6 is 0 Å². The van der Waals surface area contributed by atoms with Gasteiger partial charge in [-0.2, -0.15) is 0 Å². The Morgan fingerprint density at radius 2 is 2.25 bits per heavy atom. The molecule has 0 aliphatic heterocycles. The first-order valence-electron chi connectivity index (χ1n) is 6.99. The van der Waals surface area contributed by atoms with Crippen molar-refractivity contribution in [1.82, 2.24) is 19.9 Å². The van der Waals surface area contributed by atoms with E-state index in [2.05, 4.69) is 22.4 Å². The minimum atomic E-state index is -0.461. The largest absolute Gasteiger partial charge is 0.345 e. The highest BCUT2D eigenvalue weighted by atomic mass is 16.2. The summed E-state index contributed by atoms with van der Waals surface area (Å²) in [6, 6.07) is 4.99. The molecular formula is C14H21N5O. The van der Waals surface area contributed by atoms with Crippen molar-refractivity contribution in [2.24, 2.45) is 5.73 Å². The summed E-state index contributed by atoms with van der Waals surface area (Å²) in [5.74, 6) is 0.565. The lowest BCUT2D eigenvalue weighted by Gasteiger charge is -2.16. The second-order valence-electron chi connectivity index (χ2n) is 4.97. The van der Waals surface area contributed by atoms with Crippen LogP contribution in [0.25, 0.3) is 5.65 Å². The fourth-order valence-corrected chi connectivity index (χ4v) is 2.10. The summed E-state index contributed by atoms with van der Waals surface area (Å²) in [6.07, 6.45) is 4.57. The second kappa shape index (κ2) is 6.47. The number of fused-ring (bicyclic) bond motifs is 1. The van der Waals surface area contributed by atoms with Gasteiger partial charge in [-0.25, -0.2) is 0 Å². The first-order valence-corrected chi connectivity index (χ1v) is 6.99. The molecule has 2 unspecified atom stereocenters. The van der Waals surface area contributed by atoms with Crippen molar-refractivity contribution in [2.45, 2.75) is 45.2 Å². The van der Waals surface area contributed by atoms with Crippen LogP contribution in [0.3, 0.4) is 0 Å². The van der Waals surface area contributed by atoms with Gasteiger partial charge in [0.1, 0.15) is 0 Å². The third-order valence-electron chi connectivity index (χ3n) is 3.29. The van der Waals surface area contributed by atoms with Gasteiger partial charge < -0.3 is 11.1 Å². The minimum absolute atomic E-state index is 0.140. The van der Waals surface area contributed by atoms with Gasteiger partial charge in [-0.15, -0.1) is 10.2 Å². The Labute approximate surface area is 118 Å². The number of aromatic nitrogens is 3. The highest BCUT2D eigenvalue weighted by Gasteiger charge is 2.19. The lowest BCUT2D eigenvalue weighted by molar-refractivity contribution is -0.123. The number of nitrogens with two attached hydrogens (primary N) is 1. The Balaban J connectivity index is 2.04. The first kappa shape index (κ1) is 14.5. The molecule has 0 aliphatic rings. The number of pyridine rings is 1. The van der Waals surface area contributed by atoms with Crippen molar-refractivity contribution >= 4 is 11.6 Å². The molecule has 6 heteroatoms. The molecule has 1 amide bonds. The third kappa shape index (κ3) is 3.14. The predicted octanol–water partition coefficient (Wildman–Crippen LogP) is 1.42. The van der Waals surface area contributed by atoms with Gasteiger partial charge in [0.25, 0.3) is 0 Å². The molecule has 2 heterocycles. The molecule has 2 aromatic heterocycles. The number of nitrogens with zero attached hydrogens (tertiary/aromatic N) is 3. The maximum absolute atomic E-state index is 12.0. The average molecular weight is 275 g/mol. The van der Waals surface area contributed by atoms with Gasteiger partial charge in [-0.3, -0.25) is 9.20 Å². The van der Waals surface area contributed by atoms with E-state index in [-0.39, 0.29) is 11.9 Å². The topological polar surface area (TPSA) is 85.3 Å². The van der Waals surface area contributed by atoms with E-state index < -0.39 is 6.04 Å². The number of rotatable bonds is 6. The number of hydrogen-bond acceptors (Lipinski definition) is 4. The van der Waals surface area contributed by atoms with Crippen LogP contribution in [0.5, 0.6) is 0 Å². The zero-order valence-corrected chi connectivity index (χ0v) is 11.9. The molecule has 0 saturated carbocycles. The van der Waals surface area contributed by atoms with E-state index in [1.54, 1.807) is 0 Å². The molecule has 0 aliphatic carbocycles. The molecule has 3 N–H and O–H groups in total. The summed E-state index contributed by atoms with van der Waals surface area (Å²) in [7, 11) is 0. The number of carbonyl (C=O) groups excluding carboxylic acids is 1. The quantitative estimate of drug-likeness (QED) is 0.835. The van der Waals surface area contributed by atoms with Crippen LogP contribution in [0.1, 0.15) is 45.0 Å². The Morgan fingerprint density at radius 3 is 3.00 bits per heavy atom. The lowest BCUT2D eigenvalue weighted by atomic mass is 10.1. The zero-order chi connectivity index (χ0) is 14.5. The molecule has 2 aromatic rings. The van der Waals surface area contributed by atoms with Crippen molar-refractivity contribution in [3.05, 3.63) is 30.2 Å². The Bertz CT molecular complexity index is 580. The van der Waals surface area contributed by atoms with Gasteiger partial charge in [-0.1, -0.05) is 25.8 Å². The number of carbonyl (C=O) groups is 1. The van der Waals surface area contributed by atoms with Crippen LogP contribution in [-0.2, 0) is 4.79 Å². The van der Waals surface area contributed by atoms with Crippen LogP contribution in [0, 0.1) is 0 Å². The maximum atomic E-state index is 12.0. The third-order valence-corrected chi connectivity index (χ3v) is 3.29. The van der Waals surface area contributed by atoms with Crippen LogP contribution in [-0.4, -0.2) is 26.5 Å². The molecule has 0 saturated heterocycles. The number of unbranched alkanes of at least 4 members (excludes halogenated alkanes) is 1. The molecule has 2 rings (SSSR count). The summed E-state index contributed by atoms with van der Waals surface area (Å²) < 4.78 is 1.86. The van der Waals surface area contributed by atoms with Crippen molar-refractivity contribution in [3.8, 4) is 0 Å². The summed E-state index contributed by atoms with van der Waals surface area (Å²) in [5, 5.41) is 11.1. The van der Waals surface area contributed by atoms with Gasteiger partial charge >= 0.3 is 0 Å². The highest BCUT2D eigenvalue weighted by Crippen LogP contribution is 2.12. The summed E-state index contributed by atoms with van der Waals surface area (Å²) in [4.78, 5) is 12.0. The number of hydrogen-bond donors (Lipinski definition) is 2. The lowest BCUT2D eigenvalue weighted by Crippen LogP contribution is -2.41. The van der Waals surface area contributed by atoms with Gasteiger partial charge in [0.2, 0.25) is 5.91 Å². The maximum Gasteiger partial charge on any atom is 0.237 e. The van der Waals surface area contributed by atoms with Gasteiger partial charge in [-0.05, 0) is 25.5 Å². The summed E-state index contributed by atoms with van der Waals surface area (Å²) in [6.45, 7) is 3.96. The van der Waals surface area contributed by atoms with E-state index >= 15 is 0 Å². The fraction of sp³-hybridized carbons (Fsp3) is 0.500. The molecule has 0 spiro atoms. The van der Waals surface area contributed by atoms with Crippen molar-refractivity contribution < 1.29 is 4.79 Å². The van der Waals surface area contributed by atoms with Crippen LogP contribution in [0.4, 0.5) is 0 Å². The predicted molar refractivity (Wildman–Crippen MR) is 77.0 cm³/mol. The van der Waals surface area contributed by atoms with E-state index in [1.165, 1.54) is 0 Å². The van der Waals surface area contributed by atoms with E-state index in [4.69, 9.17) is 5.73 Å². The Morgan fingerprint density at radius 1 is 1.45 bits per heavy atom. The van der Waals surface area contributed by atoms with E-state index in [1.807, 2.05) is 35.7 Å². The monoisotopic (exact) mass is 275 g/mol. The minimum Gasteiger partial charge on any atom is -0.345 e. The normalized spacial score (nSPS) is 14.2. The Kier molecular flexibility index (Phi) is 4.68. The molecular weight excluding hydrogens is 254 g/mol. The van der Waals surface area contributed by atoms with Crippen molar-refractivity contribution in [1.29, 1.82) is 0 Å². The van der Waals surface area contributed by atoms with Crippen LogP contribution in [0.2, 0.25) is 0 Å². The van der Waals surface area contributed by atoms with Crippen LogP contribution in [0.15, 0.2) is 24.4 Å². The van der Waals surface area contributed by atoms with Crippen molar-refractivity contribution in [3.63, 3.8) is 0 Å². The molecule has 0 aromatic carbocycles. The first-order chi connectivity index (χ1) is 9.63. The van der Waals surface area contributed by atoms with Gasteiger partial charge in [0, 0.05) is 6.20 Å². The van der Waals surface area contributed by atoms with Crippen LogP contribution < -0.4 is 11.1 Å². The Hall–Kier alpha value is -1.95. The summed E-state index contributed by atoms with van der Waals surface area (Å²) >= 11 is 0. The fourth-order valence-electron chi connectivity index (χ4n) is 2.10. The molecule has 0 radical (unpaired) electrons. The zero-order valence-electron chi connectivity index (χ0n) is 11.9. The molecule has 0 fully saturated rings. The standard InChI is InChI=1S/C14H21N5O/c1-3-4-7-11(15)14(20)16-10(2)13-18-17-12-8-5-6-9-19(12)13/h5-6,8-11H,3-4,7,15H2,1-2H3,(H,16,20). The van der Waals surface area contributed by atoms with Gasteiger partial charge in [0.05, 0.1) is 12.1 Å². The van der Waals surface area contributed by atoms with Crippen molar-refractivity contribution in [2.75, 3.05) is 0 Å². The molecule has 2 atom stereocenters. The smallest absolute Gasteiger partial charge is 0.237 e. The van der Waals surface area contributed by atoms with E-state index in [9.17, 15) is 4.79 Å². The SMILES string of the molecule is CCCCC(N)C(=O)NC(C)c1nnc2ccccn12. The molecule has 0 bridgehead atoms. The van der Waals surface area contributed by atoms with Gasteiger partial charge in [0.15, 0.2) is 11.5 Å². The number of nitrogens with one attached hydrogen (secondary N) is 1. The molecule has 108 valence electrons. The molecule has 6 nitrogen and oxygen atoms in total. The average Bonchev–Trinajstić information content (AvgIpc) is 2.88.